The summed E-state index contributed by atoms with van der Waals surface area (Å²) in [6.45, 7) is 2.30. The summed E-state index contributed by atoms with van der Waals surface area (Å²) in [4.78, 5) is 24.5. The van der Waals surface area contributed by atoms with Crippen molar-refractivity contribution in [2.75, 3.05) is 0 Å². The fourth-order valence-corrected chi connectivity index (χ4v) is 2.09. The molecule has 2 heterocycles. The lowest BCUT2D eigenvalue weighted by Gasteiger charge is -2.03. The summed E-state index contributed by atoms with van der Waals surface area (Å²) in [5.74, 6) is 0.124. The number of hydrogen-bond acceptors (Lipinski definition) is 4. The smallest absolute Gasteiger partial charge is 0.197 e. The lowest BCUT2D eigenvalue weighted by molar-refractivity contribution is -0.118. The van der Waals surface area contributed by atoms with E-state index >= 15 is 0 Å². The number of carbonyl (C=O) groups excluding carboxylic acids is 1. The zero-order valence-corrected chi connectivity index (χ0v) is 11.2. The number of aryl methyl sites for hydroxylation is 1. The predicted octanol–water partition coefficient (Wildman–Crippen LogP) is 1.95. The molecule has 0 fully saturated rings. The maximum absolute atomic E-state index is 12.1. The second kappa shape index (κ2) is 5.21. The topological polar surface area (TPSA) is 60.7 Å². The van der Waals surface area contributed by atoms with Gasteiger partial charge < -0.3 is 4.57 Å². The van der Waals surface area contributed by atoms with Crippen molar-refractivity contribution in [3.05, 3.63) is 54.1 Å². The molecule has 0 spiro atoms. The Morgan fingerprint density at radius 1 is 1.10 bits per heavy atom. The number of nitrogens with zero attached hydrogens (tertiary/aromatic N) is 4. The van der Waals surface area contributed by atoms with Crippen molar-refractivity contribution in [2.45, 2.75) is 19.9 Å². The quantitative estimate of drug-likeness (QED) is 0.724. The van der Waals surface area contributed by atoms with Crippen LogP contribution in [0.15, 0.2) is 43.0 Å². The van der Waals surface area contributed by atoms with Crippen LogP contribution in [-0.2, 0) is 17.8 Å². The van der Waals surface area contributed by atoms with E-state index in [4.69, 9.17) is 0 Å². The van der Waals surface area contributed by atoms with Gasteiger partial charge in [0.2, 0.25) is 0 Å². The van der Waals surface area contributed by atoms with E-state index in [-0.39, 0.29) is 12.3 Å². The van der Waals surface area contributed by atoms with Crippen molar-refractivity contribution < 1.29 is 4.79 Å². The Hall–Kier alpha value is -2.56. The third-order valence-corrected chi connectivity index (χ3v) is 3.12. The highest BCUT2D eigenvalue weighted by molar-refractivity contribution is 5.82. The lowest BCUT2D eigenvalue weighted by atomic mass is 10.1. The molecule has 0 atom stereocenters. The van der Waals surface area contributed by atoms with Gasteiger partial charge in [0.25, 0.3) is 0 Å². The van der Waals surface area contributed by atoms with E-state index in [0.29, 0.717) is 17.7 Å². The number of imidazole rings is 1. The van der Waals surface area contributed by atoms with Crippen molar-refractivity contribution in [1.29, 1.82) is 0 Å². The number of aromatic nitrogens is 4. The summed E-state index contributed by atoms with van der Waals surface area (Å²) < 4.78 is 1.73. The average molecular weight is 266 g/mol. The number of Topliss-reactive ketones (excluding diaryl/α,β-unsaturated/α-hetero) is 1. The lowest BCUT2D eigenvalue weighted by Crippen LogP contribution is -2.12. The first kappa shape index (κ1) is 12.5. The molecule has 2 aromatic heterocycles. The van der Waals surface area contributed by atoms with Gasteiger partial charge >= 0.3 is 0 Å². The van der Waals surface area contributed by atoms with E-state index in [0.717, 1.165) is 5.56 Å². The van der Waals surface area contributed by atoms with Gasteiger partial charge in [-0.2, -0.15) is 0 Å². The second-order valence-corrected chi connectivity index (χ2v) is 4.78. The molecule has 20 heavy (non-hydrogen) atoms. The summed E-state index contributed by atoms with van der Waals surface area (Å²) in [5, 5.41) is 0. The number of benzene rings is 1. The first-order valence-corrected chi connectivity index (χ1v) is 6.41. The molecule has 5 nitrogen and oxygen atoms in total. The fourth-order valence-electron chi connectivity index (χ4n) is 2.09. The molecular formula is C15H14N4O. The minimum Gasteiger partial charge on any atom is -0.306 e. The van der Waals surface area contributed by atoms with E-state index < -0.39 is 0 Å². The van der Waals surface area contributed by atoms with Crippen LogP contribution in [0.1, 0.15) is 11.1 Å². The van der Waals surface area contributed by atoms with E-state index in [2.05, 4.69) is 15.0 Å². The average Bonchev–Trinajstić information content (AvgIpc) is 2.85. The molecule has 0 amide bonds. The van der Waals surface area contributed by atoms with E-state index in [1.165, 1.54) is 5.56 Å². The highest BCUT2D eigenvalue weighted by Crippen LogP contribution is 2.08. The van der Waals surface area contributed by atoms with Gasteiger partial charge in [-0.3, -0.25) is 4.79 Å². The van der Waals surface area contributed by atoms with E-state index in [9.17, 15) is 4.79 Å². The molecule has 0 unspecified atom stereocenters. The van der Waals surface area contributed by atoms with E-state index in [1.807, 2.05) is 31.2 Å². The molecule has 0 radical (unpaired) electrons. The fraction of sp³-hybridized carbons (Fsp3) is 0.200. The normalized spacial score (nSPS) is 10.8. The maximum atomic E-state index is 12.1. The molecule has 3 aromatic rings. The van der Waals surface area contributed by atoms with Crippen LogP contribution in [0.2, 0.25) is 0 Å². The van der Waals surface area contributed by atoms with Crippen LogP contribution in [0.5, 0.6) is 0 Å². The van der Waals surface area contributed by atoms with Crippen molar-refractivity contribution in [2.24, 2.45) is 0 Å². The largest absolute Gasteiger partial charge is 0.306 e. The third-order valence-electron chi connectivity index (χ3n) is 3.12. The third kappa shape index (κ3) is 2.56. The number of rotatable bonds is 4. The zero-order valence-electron chi connectivity index (χ0n) is 11.2. The monoisotopic (exact) mass is 266 g/mol. The first-order chi connectivity index (χ1) is 9.72. The molecule has 100 valence electrons. The minimum atomic E-state index is 0.124. The van der Waals surface area contributed by atoms with Crippen LogP contribution in [0.25, 0.3) is 11.3 Å². The molecule has 0 N–H and O–H groups in total. The molecule has 3 rings (SSSR count). The molecule has 0 saturated carbocycles. The van der Waals surface area contributed by atoms with Gasteiger partial charge in [-0.1, -0.05) is 29.8 Å². The summed E-state index contributed by atoms with van der Waals surface area (Å²) in [5.41, 5.74) is 3.42. The van der Waals surface area contributed by atoms with Crippen molar-refractivity contribution in [1.82, 2.24) is 19.5 Å². The molecule has 0 aliphatic carbocycles. The summed E-state index contributed by atoms with van der Waals surface area (Å²) in [6, 6.07) is 8.00. The molecule has 0 bridgehead atoms. The standard InChI is InChI=1S/C15H14N4O/c1-11-2-4-12(5-3-11)8-13(20)9-19-10-18-14-15(19)17-7-6-16-14/h2-7,10H,8-9H2,1H3. The molecule has 1 aromatic carbocycles. The van der Waals surface area contributed by atoms with Gasteiger partial charge in [0.15, 0.2) is 17.1 Å². The van der Waals surface area contributed by atoms with Crippen molar-refractivity contribution >= 4 is 17.1 Å². The Morgan fingerprint density at radius 2 is 1.85 bits per heavy atom. The van der Waals surface area contributed by atoms with Gasteiger partial charge in [0.1, 0.15) is 0 Å². The van der Waals surface area contributed by atoms with Gasteiger partial charge in [-0.15, -0.1) is 0 Å². The first-order valence-electron chi connectivity index (χ1n) is 6.41. The predicted molar refractivity (Wildman–Crippen MR) is 75.2 cm³/mol. The zero-order chi connectivity index (χ0) is 13.9. The van der Waals surface area contributed by atoms with Crippen LogP contribution < -0.4 is 0 Å². The highest BCUT2D eigenvalue weighted by atomic mass is 16.1. The minimum absolute atomic E-state index is 0.124. The Morgan fingerprint density at radius 3 is 2.65 bits per heavy atom. The number of hydrogen-bond donors (Lipinski definition) is 0. The summed E-state index contributed by atoms with van der Waals surface area (Å²) in [6.07, 6.45) is 5.22. The van der Waals surface area contributed by atoms with Crippen LogP contribution >= 0.6 is 0 Å². The van der Waals surface area contributed by atoms with Crippen LogP contribution in [0.3, 0.4) is 0 Å². The summed E-state index contributed by atoms with van der Waals surface area (Å²) in [7, 11) is 0. The number of ketones is 1. The molecular weight excluding hydrogens is 252 g/mol. The van der Waals surface area contributed by atoms with Crippen LogP contribution in [0.4, 0.5) is 0 Å². The summed E-state index contributed by atoms with van der Waals surface area (Å²) >= 11 is 0. The van der Waals surface area contributed by atoms with Crippen LogP contribution in [0, 0.1) is 6.92 Å². The number of fused-ring (bicyclic) bond motifs is 1. The maximum Gasteiger partial charge on any atom is 0.197 e. The molecule has 0 aliphatic rings. The highest BCUT2D eigenvalue weighted by Gasteiger charge is 2.09. The molecule has 5 heteroatoms. The molecule has 0 aliphatic heterocycles. The number of carbonyl (C=O) groups is 1. The van der Waals surface area contributed by atoms with Crippen LogP contribution in [-0.4, -0.2) is 25.3 Å². The van der Waals surface area contributed by atoms with Gasteiger partial charge in [0, 0.05) is 18.8 Å². The van der Waals surface area contributed by atoms with E-state index in [1.54, 1.807) is 23.3 Å². The Bertz CT molecular complexity index is 746. The van der Waals surface area contributed by atoms with Crippen molar-refractivity contribution in [3.8, 4) is 0 Å². The second-order valence-electron chi connectivity index (χ2n) is 4.78. The Labute approximate surface area is 116 Å². The van der Waals surface area contributed by atoms with Gasteiger partial charge in [-0.05, 0) is 12.5 Å². The Kier molecular flexibility index (Phi) is 3.25. The van der Waals surface area contributed by atoms with Crippen molar-refractivity contribution in [3.63, 3.8) is 0 Å². The Balaban J connectivity index is 1.74. The molecule has 0 saturated heterocycles. The SMILES string of the molecule is Cc1ccc(CC(=O)Cn2cnc3nccnc32)cc1. The van der Waals surface area contributed by atoms with Gasteiger partial charge in [0.05, 0.1) is 12.9 Å². The van der Waals surface area contributed by atoms with Gasteiger partial charge in [-0.25, -0.2) is 15.0 Å².